The first-order chi connectivity index (χ1) is 12.4. The summed E-state index contributed by atoms with van der Waals surface area (Å²) in [4.78, 5) is 23.9. The van der Waals surface area contributed by atoms with Crippen molar-refractivity contribution in [2.24, 2.45) is 0 Å². The molecule has 0 heterocycles. The molecule has 26 heavy (non-hydrogen) atoms. The van der Waals surface area contributed by atoms with Gasteiger partial charge in [-0.3, -0.25) is 20.4 Å². The number of nitrogens with one attached hydrogen (secondary N) is 2. The van der Waals surface area contributed by atoms with Crippen molar-refractivity contribution in [1.82, 2.24) is 10.9 Å². The first-order valence-corrected chi connectivity index (χ1v) is 7.78. The van der Waals surface area contributed by atoms with Gasteiger partial charge in [-0.1, -0.05) is 17.7 Å². The van der Waals surface area contributed by atoms with Gasteiger partial charge in [0, 0.05) is 23.3 Å². The van der Waals surface area contributed by atoms with E-state index in [0.29, 0.717) is 11.5 Å². The fourth-order valence-electron chi connectivity index (χ4n) is 2.00. The van der Waals surface area contributed by atoms with Crippen molar-refractivity contribution < 1.29 is 23.5 Å². The van der Waals surface area contributed by atoms with Gasteiger partial charge < -0.3 is 9.47 Å². The van der Waals surface area contributed by atoms with Crippen molar-refractivity contribution in [3.63, 3.8) is 0 Å². The maximum atomic E-state index is 13.6. The SMILES string of the molecule is COc1cc(OC)cc(C(=O)NNC(=O)/C=C/c2c(F)cccc2Cl)c1. The molecule has 0 radical (unpaired) electrons. The highest BCUT2D eigenvalue weighted by molar-refractivity contribution is 6.32. The lowest BCUT2D eigenvalue weighted by Gasteiger charge is -2.09. The van der Waals surface area contributed by atoms with Crippen LogP contribution in [0.4, 0.5) is 4.39 Å². The standard InChI is InChI=1S/C18H16ClFN2O4/c1-25-12-8-11(9-13(10-12)26-2)18(24)22-21-17(23)7-6-14-15(19)4-3-5-16(14)20/h3-10H,1-2H3,(H,21,23)(H,22,24)/b7-6+. The van der Waals surface area contributed by atoms with Gasteiger partial charge >= 0.3 is 0 Å². The summed E-state index contributed by atoms with van der Waals surface area (Å²) >= 11 is 5.86. The molecule has 0 bridgehead atoms. The monoisotopic (exact) mass is 378 g/mol. The first-order valence-electron chi connectivity index (χ1n) is 7.40. The molecular formula is C18H16ClFN2O4. The van der Waals surface area contributed by atoms with E-state index < -0.39 is 17.6 Å². The summed E-state index contributed by atoms with van der Waals surface area (Å²) in [5.41, 5.74) is 4.73. The normalized spacial score (nSPS) is 10.5. The minimum Gasteiger partial charge on any atom is -0.497 e. The van der Waals surface area contributed by atoms with Crippen LogP contribution in [0.15, 0.2) is 42.5 Å². The average molecular weight is 379 g/mol. The Morgan fingerprint density at radius 3 is 2.31 bits per heavy atom. The van der Waals surface area contributed by atoms with Crippen molar-refractivity contribution in [2.45, 2.75) is 0 Å². The summed E-state index contributed by atoms with van der Waals surface area (Å²) in [7, 11) is 2.91. The zero-order chi connectivity index (χ0) is 19.1. The highest BCUT2D eigenvalue weighted by atomic mass is 35.5. The smallest absolute Gasteiger partial charge is 0.269 e. The Kier molecular flexibility index (Phi) is 6.57. The average Bonchev–Trinajstić information content (AvgIpc) is 2.65. The van der Waals surface area contributed by atoms with Crippen LogP contribution in [0.5, 0.6) is 11.5 Å². The van der Waals surface area contributed by atoms with Crippen molar-refractivity contribution >= 4 is 29.5 Å². The molecule has 2 aromatic rings. The van der Waals surface area contributed by atoms with Gasteiger partial charge in [0.05, 0.1) is 19.2 Å². The minimum atomic E-state index is -0.660. The highest BCUT2D eigenvalue weighted by Gasteiger charge is 2.10. The van der Waals surface area contributed by atoms with Crippen molar-refractivity contribution in [3.8, 4) is 11.5 Å². The molecule has 0 saturated heterocycles. The second-order valence-corrected chi connectivity index (χ2v) is 5.42. The third-order valence-corrected chi connectivity index (χ3v) is 3.64. The molecule has 2 amide bonds. The van der Waals surface area contributed by atoms with Crippen molar-refractivity contribution in [1.29, 1.82) is 0 Å². The molecule has 0 atom stereocenters. The Hall–Kier alpha value is -3.06. The quantitative estimate of drug-likeness (QED) is 0.619. The maximum absolute atomic E-state index is 13.6. The number of hydrazine groups is 1. The van der Waals surface area contributed by atoms with Crippen LogP contribution in [0.1, 0.15) is 15.9 Å². The van der Waals surface area contributed by atoms with Gasteiger partial charge in [-0.15, -0.1) is 0 Å². The second kappa shape index (κ2) is 8.87. The molecule has 6 nitrogen and oxygen atoms in total. The Labute approximate surface area is 154 Å². The fourth-order valence-corrected chi connectivity index (χ4v) is 2.23. The van der Waals surface area contributed by atoms with Crippen LogP contribution in [-0.4, -0.2) is 26.0 Å². The van der Waals surface area contributed by atoms with Gasteiger partial charge in [-0.05, 0) is 30.3 Å². The van der Waals surface area contributed by atoms with Crippen LogP contribution >= 0.6 is 11.6 Å². The van der Waals surface area contributed by atoms with E-state index in [1.807, 2.05) is 0 Å². The van der Waals surface area contributed by atoms with E-state index in [-0.39, 0.29) is 16.1 Å². The number of carbonyl (C=O) groups excluding carboxylic acids is 2. The Balaban J connectivity index is 2.01. The molecule has 2 rings (SSSR count). The Bertz CT molecular complexity index is 813. The molecule has 0 aliphatic heterocycles. The summed E-state index contributed by atoms with van der Waals surface area (Å²) in [5, 5.41) is 0.168. The number of hydrogen-bond acceptors (Lipinski definition) is 4. The minimum absolute atomic E-state index is 0.0770. The van der Waals surface area contributed by atoms with E-state index in [9.17, 15) is 14.0 Å². The van der Waals surface area contributed by atoms with E-state index in [4.69, 9.17) is 21.1 Å². The summed E-state index contributed by atoms with van der Waals surface area (Å²) in [6.07, 6.45) is 2.27. The second-order valence-electron chi connectivity index (χ2n) is 5.01. The van der Waals surface area contributed by atoms with Gasteiger partial charge in [0.2, 0.25) is 0 Å². The fraction of sp³-hybridized carbons (Fsp3) is 0.111. The number of ether oxygens (including phenoxy) is 2. The molecule has 0 unspecified atom stereocenters. The third kappa shape index (κ3) is 4.97. The van der Waals surface area contributed by atoms with Crippen LogP contribution in [0.3, 0.4) is 0 Å². The number of methoxy groups -OCH3 is 2. The summed E-state index contributed by atoms with van der Waals surface area (Å²) < 4.78 is 23.8. The molecule has 0 aliphatic rings. The third-order valence-electron chi connectivity index (χ3n) is 3.31. The Morgan fingerprint density at radius 1 is 1.08 bits per heavy atom. The van der Waals surface area contributed by atoms with E-state index >= 15 is 0 Å². The van der Waals surface area contributed by atoms with Crippen LogP contribution in [0, 0.1) is 5.82 Å². The molecule has 0 fully saturated rings. The molecule has 2 aromatic carbocycles. The summed E-state index contributed by atoms with van der Waals surface area (Å²) in [6.45, 7) is 0. The van der Waals surface area contributed by atoms with Gasteiger partial charge in [0.1, 0.15) is 17.3 Å². The van der Waals surface area contributed by atoms with Gasteiger partial charge in [0.15, 0.2) is 0 Å². The van der Waals surface area contributed by atoms with Crippen LogP contribution in [0.2, 0.25) is 5.02 Å². The van der Waals surface area contributed by atoms with Crippen LogP contribution in [-0.2, 0) is 4.79 Å². The predicted molar refractivity (Wildman–Crippen MR) is 95.6 cm³/mol. The first kappa shape index (κ1) is 19.3. The van der Waals surface area contributed by atoms with Crippen molar-refractivity contribution in [3.05, 3.63) is 64.4 Å². The number of hydrogen-bond donors (Lipinski definition) is 2. The van der Waals surface area contributed by atoms with E-state index in [1.54, 1.807) is 6.07 Å². The largest absolute Gasteiger partial charge is 0.497 e. The van der Waals surface area contributed by atoms with E-state index in [0.717, 1.165) is 6.08 Å². The predicted octanol–water partition coefficient (Wildman–Crippen LogP) is 2.97. The number of rotatable bonds is 5. The molecule has 136 valence electrons. The molecule has 0 aromatic heterocycles. The number of halogens is 2. The zero-order valence-corrected chi connectivity index (χ0v) is 14.8. The lowest BCUT2D eigenvalue weighted by Crippen LogP contribution is -2.40. The molecule has 0 aliphatic carbocycles. The number of benzene rings is 2. The highest BCUT2D eigenvalue weighted by Crippen LogP contribution is 2.22. The van der Waals surface area contributed by atoms with Gasteiger partial charge in [0.25, 0.3) is 11.8 Å². The van der Waals surface area contributed by atoms with E-state index in [2.05, 4.69) is 10.9 Å². The Morgan fingerprint density at radius 2 is 1.73 bits per heavy atom. The van der Waals surface area contributed by atoms with Gasteiger partial charge in [-0.2, -0.15) is 0 Å². The van der Waals surface area contributed by atoms with Crippen LogP contribution in [0.25, 0.3) is 6.08 Å². The van der Waals surface area contributed by atoms with Crippen molar-refractivity contribution in [2.75, 3.05) is 14.2 Å². The molecule has 0 spiro atoms. The maximum Gasteiger partial charge on any atom is 0.269 e. The van der Waals surface area contributed by atoms with Gasteiger partial charge in [-0.25, -0.2) is 4.39 Å². The number of carbonyl (C=O) groups is 2. The molecule has 0 saturated carbocycles. The molecule has 8 heteroatoms. The summed E-state index contributed by atoms with van der Waals surface area (Å²) in [6, 6.07) is 8.76. The molecular weight excluding hydrogens is 363 g/mol. The molecule has 2 N–H and O–H groups in total. The zero-order valence-electron chi connectivity index (χ0n) is 14.0. The summed E-state index contributed by atoms with van der Waals surface area (Å²) in [5.74, 6) is -0.945. The lowest BCUT2D eigenvalue weighted by molar-refractivity contribution is -0.117. The van der Waals surface area contributed by atoms with E-state index in [1.165, 1.54) is 50.6 Å². The number of amides is 2. The topological polar surface area (TPSA) is 76.7 Å². The van der Waals surface area contributed by atoms with Crippen LogP contribution < -0.4 is 20.3 Å². The lowest BCUT2D eigenvalue weighted by atomic mass is 10.2.